The number of nitro groups is 1. The monoisotopic (exact) mass is 489 g/mol. The molecule has 3 aromatic rings. The molecule has 0 aliphatic rings. The molecule has 3 rings (SSSR count). The van der Waals surface area contributed by atoms with Gasteiger partial charge in [-0.3, -0.25) is 9.59 Å². The fourth-order valence-electron chi connectivity index (χ4n) is 3.03. The molecule has 0 unspecified atom stereocenters. The van der Waals surface area contributed by atoms with Crippen LogP contribution >= 0.6 is 0 Å². The molecule has 0 atom stereocenters. The van der Waals surface area contributed by atoms with Gasteiger partial charge in [0.05, 0.1) is 38.2 Å². The quantitative estimate of drug-likeness (QED) is 0.219. The summed E-state index contributed by atoms with van der Waals surface area (Å²) in [5.41, 5.74) is 0.803. The van der Waals surface area contributed by atoms with Crippen molar-refractivity contribution in [1.82, 2.24) is 30.6 Å². The number of nitrogens with zero attached hydrogens (tertiary/aromatic N) is 5. The molecule has 2 N–H and O–H groups in total. The lowest BCUT2D eigenvalue weighted by molar-refractivity contribution is -0.389. The van der Waals surface area contributed by atoms with Crippen molar-refractivity contribution >= 4 is 17.6 Å². The van der Waals surface area contributed by atoms with Crippen LogP contribution in [0, 0.1) is 17.0 Å². The minimum Gasteiger partial charge on any atom is -0.493 e. The van der Waals surface area contributed by atoms with Crippen LogP contribution in [0.3, 0.4) is 0 Å². The number of methoxy groups -OCH3 is 3. The van der Waals surface area contributed by atoms with Crippen LogP contribution < -0.4 is 24.8 Å². The first-order chi connectivity index (χ1) is 16.8. The number of aromatic nitrogens is 4. The number of aryl methyl sites for hydroxylation is 1. The van der Waals surface area contributed by atoms with Gasteiger partial charge in [-0.05, 0) is 24.0 Å². The van der Waals surface area contributed by atoms with E-state index in [0.29, 0.717) is 22.9 Å². The standard InChI is InChI=1S/C20H23N7O8/c1-11-7-16(27(30)31)24-26(11)10-15-23-20(35-25-15)19(29)22-6-5-21-18(28)12-8-13(32-2)17(34-4)14(9-12)33-3/h7-9H,5-6,10H2,1-4H3,(H,21,28)(H,22,29). The summed E-state index contributed by atoms with van der Waals surface area (Å²) in [7, 11) is 4.34. The zero-order valence-electron chi connectivity index (χ0n) is 19.4. The van der Waals surface area contributed by atoms with Crippen molar-refractivity contribution in [2.45, 2.75) is 13.5 Å². The molecule has 1 aromatic carbocycles. The number of nitrogens with one attached hydrogen (secondary N) is 2. The highest BCUT2D eigenvalue weighted by molar-refractivity contribution is 5.95. The number of carbonyl (C=O) groups is 2. The molecule has 35 heavy (non-hydrogen) atoms. The number of amides is 2. The van der Waals surface area contributed by atoms with Gasteiger partial charge in [-0.25, -0.2) is 0 Å². The molecule has 0 bridgehead atoms. The molecular formula is C20H23N7O8. The van der Waals surface area contributed by atoms with Gasteiger partial charge < -0.3 is 39.5 Å². The number of carbonyl (C=O) groups excluding carboxylic acids is 2. The zero-order valence-corrected chi connectivity index (χ0v) is 19.4. The lowest BCUT2D eigenvalue weighted by Crippen LogP contribution is -2.34. The Labute approximate surface area is 198 Å². The van der Waals surface area contributed by atoms with E-state index < -0.39 is 16.7 Å². The summed E-state index contributed by atoms with van der Waals surface area (Å²) in [5, 5.41) is 23.6. The van der Waals surface area contributed by atoms with Gasteiger partial charge in [-0.2, -0.15) is 9.67 Å². The van der Waals surface area contributed by atoms with Crippen LogP contribution in [0.4, 0.5) is 5.82 Å². The molecule has 0 aliphatic carbocycles. The van der Waals surface area contributed by atoms with E-state index in [-0.39, 0.29) is 42.7 Å². The Hall–Kier alpha value is -4.69. The summed E-state index contributed by atoms with van der Waals surface area (Å²) in [6.45, 7) is 1.82. The third kappa shape index (κ3) is 5.82. The van der Waals surface area contributed by atoms with Crippen molar-refractivity contribution in [3.05, 3.63) is 51.3 Å². The van der Waals surface area contributed by atoms with E-state index in [1.54, 1.807) is 6.92 Å². The lowest BCUT2D eigenvalue weighted by Gasteiger charge is -2.14. The molecule has 15 nitrogen and oxygen atoms in total. The van der Waals surface area contributed by atoms with Crippen molar-refractivity contribution in [3.63, 3.8) is 0 Å². The fraction of sp³-hybridized carbons (Fsp3) is 0.350. The molecule has 0 saturated carbocycles. The topological polar surface area (TPSA) is 186 Å². The maximum absolute atomic E-state index is 12.5. The van der Waals surface area contributed by atoms with Crippen molar-refractivity contribution in [1.29, 1.82) is 0 Å². The minimum atomic E-state index is -0.644. The van der Waals surface area contributed by atoms with Gasteiger partial charge >= 0.3 is 17.6 Å². The molecule has 0 fully saturated rings. The van der Waals surface area contributed by atoms with Crippen LogP contribution in [0.25, 0.3) is 0 Å². The molecular weight excluding hydrogens is 466 g/mol. The summed E-state index contributed by atoms with van der Waals surface area (Å²) in [4.78, 5) is 38.9. The number of rotatable bonds is 11. The molecule has 2 amide bonds. The third-order valence-electron chi connectivity index (χ3n) is 4.73. The van der Waals surface area contributed by atoms with E-state index in [4.69, 9.17) is 18.7 Å². The maximum atomic E-state index is 12.5. The van der Waals surface area contributed by atoms with Crippen LogP contribution in [-0.2, 0) is 6.54 Å². The number of ether oxygens (including phenoxy) is 3. The van der Waals surface area contributed by atoms with Gasteiger partial charge in [0.25, 0.3) is 5.91 Å². The minimum absolute atomic E-state index is 0.0126. The Morgan fingerprint density at radius 3 is 2.23 bits per heavy atom. The smallest absolute Gasteiger partial charge is 0.390 e. The molecule has 0 saturated heterocycles. The van der Waals surface area contributed by atoms with Gasteiger partial charge in [0.1, 0.15) is 6.54 Å². The van der Waals surface area contributed by atoms with Crippen LogP contribution in [0.5, 0.6) is 17.2 Å². The van der Waals surface area contributed by atoms with Crippen molar-refractivity contribution < 1.29 is 33.2 Å². The van der Waals surface area contributed by atoms with Gasteiger partial charge in [-0.15, -0.1) is 0 Å². The predicted octanol–water partition coefficient (Wildman–Crippen LogP) is 0.717. The van der Waals surface area contributed by atoms with Crippen LogP contribution in [0.15, 0.2) is 22.7 Å². The third-order valence-corrected chi connectivity index (χ3v) is 4.73. The van der Waals surface area contributed by atoms with E-state index in [1.807, 2.05) is 0 Å². The summed E-state index contributed by atoms with van der Waals surface area (Å²) in [6, 6.07) is 4.32. The molecule has 0 aliphatic heterocycles. The largest absolute Gasteiger partial charge is 0.493 e. The normalized spacial score (nSPS) is 10.5. The van der Waals surface area contributed by atoms with Crippen LogP contribution in [0.2, 0.25) is 0 Å². The van der Waals surface area contributed by atoms with Gasteiger partial charge in [0.2, 0.25) is 5.75 Å². The molecule has 0 spiro atoms. The second-order valence-electron chi connectivity index (χ2n) is 7.00. The lowest BCUT2D eigenvalue weighted by atomic mass is 10.1. The van der Waals surface area contributed by atoms with Crippen molar-refractivity contribution in [2.24, 2.45) is 0 Å². The first-order valence-electron chi connectivity index (χ1n) is 10.1. The maximum Gasteiger partial charge on any atom is 0.390 e. The van der Waals surface area contributed by atoms with Crippen molar-refractivity contribution in [2.75, 3.05) is 34.4 Å². The van der Waals surface area contributed by atoms with E-state index in [0.717, 1.165) is 0 Å². The number of hydrogen-bond acceptors (Lipinski definition) is 11. The second kappa shape index (κ2) is 11.0. The fourth-order valence-corrected chi connectivity index (χ4v) is 3.03. The Kier molecular flexibility index (Phi) is 7.81. The number of benzene rings is 1. The summed E-state index contributed by atoms with van der Waals surface area (Å²) in [5.74, 6) is -0.524. The first-order valence-corrected chi connectivity index (χ1v) is 10.1. The molecule has 15 heteroatoms. The molecule has 2 heterocycles. The predicted molar refractivity (Wildman–Crippen MR) is 118 cm³/mol. The Balaban J connectivity index is 1.52. The molecule has 186 valence electrons. The Bertz CT molecular complexity index is 1210. The number of hydrogen-bond donors (Lipinski definition) is 2. The van der Waals surface area contributed by atoms with E-state index in [1.165, 1.54) is 44.2 Å². The van der Waals surface area contributed by atoms with Crippen LogP contribution in [0.1, 0.15) is 32.6 Å². The van der Waals surface area contributed by atoms with E-state index in [9.17, 15) is 19.7 Å². The molecule has 0 radical (unpaired) electrons. The average Bonchev–Trinajstić information content (AvgIpc) is 3.47. The van der Waals surface area contributed by atoms with Crippen molar-refractivity contribution in [3.8, 4) is 17.2 Å². The van der Waals surface area contributed by atoms with E-state index >= 15 is 0 Å². The van der Waals surface area contributed by atoms with Gasteiger partial charge in [-0.1, -0.05) is 5.16 Å². The average molecular weight is 489 g/mol. The summed E-state index contributed by atoms with van der Waals surface area (Å²) < 4.78 is 22.0. The van der Waals surface area contributed by atoms with Gasteiger partial charge in [0.15, 0.2) is 17.3 Å². The Morgan fingerprint density at radius 2 is 1.69 bits per heavy atom. The van der Waals surface area contributed by atoms with Gasteiger partial charge in [0, 0.05) is 18.7 Å². The SMILES string of the molecule is COc1cc(C(=O)NCCNC(=O)c2nc(Cn3nc([N+](=O)[O-])cc3C)no2)cc(OC)c1OC. The highest BCUT2D eigenvalue weighted by atomic mass is 16.6. The highest BCUT2D eigenvalue weighted by Gasteiger charge is 2.20. The second-order valence-corrected chi connectivity index (χ2v) is 7.00. The zero-order chi connectivity index (χ0) is 25.5. The first kappa shape index (κ1) is 24.9. The highest BCUT2D eigenvalue weighted by Crippen LogP contribution is 2.38. The van der Waals surface area contributed by atoms with E-state index in [2.05, 4.69) is 25.9 Å². The summed E-state index contributed by atoms with van der Waals surface area (Å²) in [6.07, 6.45) is 0. The Morgan fingerprint density at radius 1 is 1.06 bits per heavy atom. The van der Waals surface area contributed by atoms with Crippen LogP contribution in [-0.4, -0.2) is 71.1 Å². The summed E-state index contributed by atoms with van der Waals surface area (Å²) >= 11 is 0. The molecule has 2 aromatic heterocycles.